The summed E-state index contributed by atoms with van der Waals surface area (Å²) in [6, 6.07) is 0. The molecule has 0 radical (unpaired) electrons. The summed E-state index contributed by atoms with van der Waals surface area (Å²) in [5, 5.41) is 0. The Morgan fingerprint density at radius 2 is 1.46 bits per heavy atom. The molecule has 0 heterocycles. The Morgan fingerprint density at radius 3 is 2.23 bits per heavy atom. The zero-order valence-corrected chi connectivity index (χ0v) is 8.47. The van der Waals surface area contributed by atoms with E-state index in [0.29, 0.717) is 0 Å². The molecule has 0 saturated carbocycles. The summed E-state index contributed by atoms with van der Waals surface area (Å²) >= 11 is 0. The van der Waals surface area contributed by atoms with Crippen LogP contribution in [0.1, 0.15) is 57.8 Å². The first-order chi connectivity index (χ1) is 6.39. The van der Waals surface area contributed by atoms with E-state index >= 15 is 0 Å². The predicted octanol–water partition coefficient (Wildman–Crippen LogP) is 4.41. The van der Waals surface area contributed by atoms with Crippen LogP contribution in [0.25, 0.3) is 0 Å². The van der Waals surface area contributed by atoms with Crippen molar-refractivity contribution >= 4 is 0 Å². The Morgan fingerprint density at radius 1 is 0.846 bits per heavy atom. The fourth-order valence-electron chi connectivity index (χ4n) is 1.83. The molecule has 0 N–H and O–H groups in total. The molecule has 1 rings (SSSR count). The summed E-state index contributed by atoms with van der Waals surface area (Å²) in [5.74, 6) is 0. The highest BCUT2D eigenvalue weighted by Gasteiger charge is 2.01. The predicted molar refractivity (Wildman–Crippen MR) is 55.6 cm³/mol. The molecule has 0 aromatic carbocycles. The van der Waals surface area contributed by atoms with Crippen LogP contribution in [0.15, 0.2) is 12.2 Å². The minimum atomic E-state index is -0.681. The van der Waals surface area contributed by atoms with Gasteiger partial charge >= 0.3 is 0 Å². The summed E-state index contributed by atoms with van der Waals surface area (Å²) in [4.78, 5) is 0. The molecule has 1 atom stereocenters. The van der Waals surface area contributed by atoms with Gasteiger partial charge in [-0.25, -0.2) is 4.39 Å². The molecule has 0 bridgehead atoms. The second-order valence-corrected chi connectivity index (χ2v) is 4.00. The molecule has 0 spiro atoms. The lowest BCUT2D eigenvalue weighted by atomic mass is 10.0. The molecule has 0 aromatic heterocycles. The van der Waals surface area contributed by atoms with Crippen molar-refractivity contribution in [2.75, 3.05) is 0 Å². The normalized spacial score (nSPS) is 30.1. The summed E-state index contributed by atoms with van der Waals surface area (Å²) < 4.78 is 13.1. The highest BCUT2D eigenvalue weighted by Crippen LogP contribution is 2.14. The first-order valence-corrected chi connectivity index (χ1v) is 5.70. The fraction of sp³-hybridized carbons (Fsp3) is 0.833. The Balaban J connectivity index is 2.22. The van der Waals surface area contributed by atoms with E-state index in [4.69, 9.17) is 0 Å². The van der Waals surface area contributed by atoms with E-state index in [2.05, 4.69) is 0 Å². The lowest BCUT2D eigenvalue weighted by Crippen LogP contribution is -1.95. The lowest BCUT2D eigenvalue weighted by molar-refractivity contribution is 0.362. The molecule has 0 aliphatic heterocycles. The van der Waals surface area contributed by atoms with Gasteiger partial charge in [-0.05, 0) is 19.3 Å². The van der Waals surface area contributed by atoms with Crippen LogP contribution in [0, 0.1) is 0 Å². The minimum Gasteiger partial charge on any atom is -0.243 e. The SMILES string of the molecule is FC1/C=C\CCCCCCCCC1. The smallest absolute Gasteiger partial charge is 0.118 e. The quantitative estimate of drug-likeness (QED) is 0.489. The molecule has 0 saturated heterocycles. The second kappa shape index (κ2) is 7.11. The van der Waals surface area contributed by atoms with Crippen molar-refractivity contribution in [2.24, 2.45) is 0 Å². The van der Waals surface area contributed by atoms with Crippen molar-refractivity contribution in [2.45, 2.75) is 64.0 Å². The van der Waals surface area contributed by atoms with E-state index in [1.54, 1.807) is 6.08 Å². The average Bonchev–Trinajstić information content (AvgIpc) is 2.11. The molecule has 76 valence electrons. The number of halogens is 1. The van der Waals surface area contributed by atoms with Gasteiger partial charge in [-0.2, -0.15) is 0 Å². The van der Waals surface area contributed by atoms with E-state index in [1.807, 2.05) is 6.08 Å². The van der Waals surface area contributed by atoms with Gasteiger partial charge in [0.25, 0.3) is 0 Å². The van der Waals surface area contributed by atoms with Gasteiger partial charge in [-0.15, -0.1) is 0 Å². The summed E-state index contributed by atoms with van der Waals surface area (Å²) in [6.07, 6.45) is 13.7. The Kier molecular flexibility index (Phi) is 5.88. The molecule has 0 amide bonds. The molecule has 1 aliphatic carbocycles. The van der Waals surface area contributed by atoms with E-state index in [0.717, 1.165) is 19.3 Å². The molecule has 1 aliphatic rings. The number of hydrogen-bond acceptors (Lipinski definition) is 0. The van der Waals surface area contributed by atoms with Gasteiger partial charge in [0, 0.05) is 0 Å². The van der Waals surface area contributed by atoms with Crippen LogP contribution in [0.4, 0.5) is 4.39 Å². The molecule has 13 heavy (non-hydrogen) atoms. The van der Waals surface area contributed by atoms with Crippen molar-refractivity contribution in [1.29, 1.82) is 0 Å². The summed E-state index contributed by atoms with van der Waals surface area (Å²) in [7, 11) is 0. The van der Waals surface area contributed by atoms with Crippen LogP contribution in [0.3, 0.4) is 0 Å². The maximum Gasteiger partial charge on any atom is 0.118 e. The van der Waals surface area contributed by atoms with Crippen LogP contribution in [0.2, 0.25) is 0 Å². The molecule has 0 nitrogen and oxygen atoms in total. The monoisotopic (exact) mass is 184 g/mol. The van der Waals surface area contributed by atoms with E-state index in [9.17, 15) is 4.39 Å². The van der Waals surface area contributed by atoms with Gasteiger partial charge in [-0.1, -0.05) is 50.7 Å². The van der Waals surface area contributed by atoms with Crippen LogP contribution in [0.5, 0.6) is 0 Å². The molecule has 1 heteroatoms. The van der Waals surface area contributed by atoms with Gasteiger partial charge < -0.3 is 0 Å². The maximum absolute atomic E-state index is 13.1. The third kappa shape index (κ3) is 5.84. The molecular weight excluding hydrogens is 163 g/mol. The van der Waals surface area contributed by atoms with Gasteiger partial charge in [0.15, 0.2) is 0 Å². The number of rotatable bonds is 0. The van der Waals surface area contributed by atoms with Gasteiger partial charge in [-0.3, -0.25) is 0 Å². The molecule has 1 unspecified atom stereocenters. The maximum atomic E-state index is 13.1. The van der Waals surface area contributed by atoms with Crippen LogP contribution in [-0.2, 0) is 0 Å². The number of alkyl halides is 1. The number of hydrogen-bond donors (Lipinski definition) is 0. The van der Waals surface area contributed by atoms with Gasteiger partial charge in [0.05, 0.1) is 0 Å². The lowest BCUT2D eigenvalue weighted by Gasteiger charge is -2.05. The van der Waals surface area contributed by atoms with Crippen molar-refractivity contribution in [3.8, 4) is 0 Å². The molecular formula is C12H21F. The highest BCUT2D eigenvalue weighted by atomic mass is 19.1. The van der Waals surface area contributed by atoms with Crippen molar-refractivity contribution < 1.29 is 4.39 Å². The van der Waals surface area contributed by atoms with Crippen molar-refractivity contribution in [3.63, 3.8) is 0 Å². The molecule has 0 aromatic rings. The fourth-order valence-corrected chi connectivity index (χ4v) is 1.83. The Hall–Kier alpha value is -0.330. The number of allylic oxidation sites excluding steroid dienone is 2. The van der Waals surface area contributed by atoms with E-state index in [-0.39, 0.29) is 0 Å². The van der Waals surface area contributed by atoms with Crippen molar-refractivity contribution in [1.82, 2.24) is 0 Å². The van der Waals surface area contributed by atoms with Gasteiger partial charge in [0.1, 0.15) is 6.17 Å². The Bertz CT molecular complexity index is 140. The Labute approximate surface area is 81.2 Å². The highest BCUT2D eigenvalue weighted by molar-refractivity contribution is 4.88. The average molecular weight is 184 g/mol. The summed E-state index contributed by atoms with van der Waals surface area (Å²) in [5.41, 5.74) is 0. The van der Waals surface area contributed by atoms with Crippen LogP contribution >= 0.6 is 0 Å². The van der Waals surface area contributed by atoms with E-state index < -0.39 is 6.17 Å². The molecule has 0 fully saturated rings. The van der Waals surface area contributed by atoms with Crippen LogP contribution in [-0.4, -0.2) is 6.17 Å². The topological polar surface area (TPSA) is 0 Å². The van der Waals surface area contributed by atoms with E-state index in [1.165, 1.54) is 38.5 Å². The minimum absolute atomic E-state index is 0.681. The standard InChI is InChI=1S/C12H21F/c13-12-10-8-6-4-2-1-3-5-7-9-11-12/h8,10,12H,1-7,9,11H2/b10-8-. The third-order valence-electron chi connectivity index (χ3n) is 2.70. The zero-order valence-electron chi connectivity index (χ0n) is 8.47. The van der Waals surface area contributed by atoms with Crippen LogP contribution < -0.4 is 0 Å². The first-order valence-electron chi connectivity index (χ1n) is 5.70. The zero-order chi connectivity index (χ0) is 9.36. The second-order valence-electron chi connectivity index (χ2n) is 4.00. The van der Waals surface area contributed by atoms with Crippen molar-refractivity contribution in [3.05, 3.63) is 12.2 Å². The largest absolute Gasteiger partial charge is 0.243 e. The van der Waals surface area contributed by atoms with Gasteiger partial charge in [0.2, 0.25) is 0 Å². The third-order valence-corrected chi connectivity index (χ3v) is 2.70. The summed E-state index contributed by atoms with van der Waals surface area (Å²) in [6.45, 7) is 0. The first kappa shape index (κ1) is 10.7.